The van der Waals surface area contributed by atoms with Gasteiger partial charge >= 0.3 is 5.97 Å². The van der Waals surface area contributed by atoms with E-state index in [1.807, 2.05) is 6.92 Å². The molecule has 0 aromatic heterocycles. The first-order valence-corrected chi connectivity index (χ1v) is 8.19. The Balaban J connectivity index is 1.74. The van der Waals surface area contributed by atoms with Crippen LogP contribution in [-0.2, 0) is 4.79 Å². The summed E-state index contributed by atoms with van der Waals surface area (Å²) in [5, 5.41) is 19.6. The summed E-state index contributed by atoms with van der Waals surface area (Å²) >= 11 is 0. The van der Waals surface area contributed by atoms with Crippen molar-refractivity contribution >= 4 is 5.97 Å². The third kappa shape index (κ3) is 3.73. The Morgan fingerprint density at radius 3 is 2.40 bits per heavy atom. The van der Waals surface area contributed by atoms with Gasteiger partial charge < -0.3 is 15.1 Å². The zero-order valence-electron chi connectivity index (χ0n) is 12.7. The van der Waals surface area contributed by atoms with Crippen molar-refractivity contribution in [2.24, 2.45) is 11.3 Å². The first-order valence-electron chi connectivity index (χ1n) is 8.19. The molecule has 0 bridgehead atoms. The van der Waals surface area contributed by atoms with E-state index in [0.717, 1.165) is 38.9 Å². The van der Waals surface area contributed by atoms with Gasteiger partial charge in [0.1, 0.15) is 0 Å². The van der Waals surface area contributed by atoms with Gasteiger partial charge in [0, 0.05) is 6.54 Å². The van der Waals surface area contributed by atoms with Crippen LogP contribution in [0.4, 0.5) is 0 Å². The van der Waals surface area contributed by atoms with Gasteiger partial charge in [-0.3, -0.25) is 4.79 Å². The molecule has 4 heteroatoms. The number of piperidine rings is 1. The molecular formula is C16H29NO3. The van der Waals surface area contributed by atoms with E-state index in [1.165, 1.54) is 25.7 Å². The molecule has 1 saturated carbocycles. The van der Waals surface area contributed by atoms with Crippen LogP contribution in [0.25, 0.3) is 0 Å². The van der Waals surface area contributed by atoms with Crippen LogP contribution >= 0.6 is 0 Å². The van der Waals surface area contributed by atoms with E-state index in [1.54, 1.807) is 0 Å². The van der Waals surface area contributed by atoms with E-state index in [4.69, 9.17) is 0 Å². The zero-order chi connectivity index (χ0) is 14.6. The van der Waals surface area contributed by atoms with Gasteiger partial charge in [0.05, 0.1) is 11.5 Å². The number of hydrogen-bond donors (Lipinski definition) is 2. The van der Waals surface area contributed by atoms with Crippen LogP contribution in [0.2, 0.25) is 0 Å². The van der Waals surface area contributed by atoms with E-state index in [-0.39, 0.29) is 6.10 Å². The standard InChI is InChI=1S/C16H29NO3/c1-2-16(15(19)20)7-9-17(10-8-16)12-14(18)11-13-5-3-4-6-13/h13-14,18H,2-12H2,1H3,(H,19,20). The second-order valence-electron chi connectivity index (χ2n) is 6.78. The average Bonchev–Trinajstić information content (AvgIpc) is 2.92. The van der Waals surface area contributed by atoms with Gasteiger partial charge in [-0.1, -0.05) is 32.6 Å². The van der Waals surface area contributed by atoms with Gasteiger partial charge in [0.2, 0.25) is 0 Å². The second-order valence-corrected chi connectivity index (χ2v) is 6.78. The number of β-amino-alcohol motifs (C(OH)–C–C–N with tert-alkyl or cyclic N) is 1. The fourth-order valence-electron chi connectivity index (χ4n) is 3.89. The summed E-state index contributed by atoms with van der Waals surface area (Å²) in [4.78, 5) is 13.6. The topological polar surface area (TPSA) is 60.8 Å². The fourth-order valence-corrected chi connectivity index (χ4v) is 3.89. The minimum atomic E-state index is -0.647. The Hall–Kier alpha value is -0.610. The van der Waals surface area contributed by atoms with E-state index < -0.39 is 11.4 Å². The molecule has 116 valence electrons. The molecule has 0 aromatic rings. The number of carboxylic acids is 1. The van der Waals surface area contributed by atoms with Crippen molar-refractivity contribution in [3.05, 3.63) is 0 Å². The van der Waals surface area contributed by atoms with Gasteiger partial charge in [-0.25, -0.2) is 0 Å². The van der Waals surface area contributed by atoms with Crippen LogP contribution in [-0.4, -0.2) is 46.8 Å². The normalized spacial score (nSPS) is 25.7. The summed E-state index contributed by atoms with van der Waals surface area (Å²) in [6, 6.07) is 0. The molecule has 4 nitrogen and oxygen atoms in total. The van der Waals surface area contributed by atoms with Crippen LogP contribution in [0.1, 0.15) is 58.3 Å². The minimum absolute atomic E-state index is 0.239. The highest BCUT2D eigenvalue weighted by Crippen LogP contribution is 2.35. The van der Waals surface area contributed by atoms with E-state index in [2.05, 4.69) is 4.90 Å². The van der Waals surface area contributed by atoms with Gasteiger partial charge in [-0.2, -0.15) is 0 Å². The molecule has 0 aromatic carbocycles. The van der Waals surface area contributed by atoms with Crippen LogP contribution in [0, 0.1) is 11.3 Å². The number of aliphatic hydroxyl groups is 1. The van der Waals surface area contributed by atoms with Crippen LogP contribution < -0.4 is 0 Å². The summed E-state index contributed by atoms with van der Waals surface area (Å²) < 4.78 is 0. The van der Waals surface area contributed by atoms with Gasteiger partial charge in [-0.15, -0.1) is 0 Å². The largest absolute Gasteiger partial charge is 0.481 e. The SMILES string of the molecule is CCC1(C(=O)O)CCN(CC(O)CC2CCCC2)CC1. The van der Waals surface area contributed by atoms with Crippen molar-refractivity contribution in [1.82, 2.24) is 4.90 Å². The van der Waals surface area contributed by atoms with Crippen LogP contribution in [0.5, 0.6) is 0 Å². The molecule has 0 radical (unpaired) electrons. The van der Waals surface area contributed by atoms with Crippen molar-refractivity contribution in [2.75, 3.05) is 19.6 Å². The average molecular weight is 283 g/mol. The molecular weight excluding hydrogens is 254 g/mol. The molecule has 1 unspecified atom stereocenters. The number of rotatable bonds is 6. The fraction of sp³-hybridized carbons (Fsp3) is 0.938. The van der Waals surface area contributed by atoms with Gasteiger partial charge in [0.15, 0.2) is 0 Å². The maximum absolute atomic E-state index is 11.4. The van der Waals surface area contributed by atoms with E-state index in [9.17, 15) is 15.0 Å². The Labute approximate surface area is 122 Å². The van der Waals surface area contributed by atoms with E-state index in [0.29, 0.717) is 12.3 Å². The molecule has 2 rings (SSSR count). The number of hydrogen-bond acceptors (Lipinski definition) is 3. The zero-order valence-corrected chi connectivity index (χ0v) is 12.7. The predicted octanol–water partition coefficient (Wildman–Crippen LogP) is 2.50. The van der Waals surface area contributed by atoms with Crippen LogP contribution in [0.3, 0.4) is 0 Å². The maximum Gasteiger partial charge on any atom is 0.309 e. The Morgan fingerprint density at radius 1 is 1.30 bits per heavy atom. The summed E-state index contributed by atoms with van der Waals surface area (Å²) in [5.74, 6) is 0.0645. The number of carbonyl (C=O) groups is 1. The summed E-state index contributed by atoms with van der Waals surface area (Å²) in [6.45, 7) is 4.30. The van der Waals surface area contributed by atoms with Crippen molar-refractivity contribution in [3.63, 3.8) is 0 Å². The molecule has 0 amide bonds. The quantitative estimate of drug-likeness (QED) is 0.786. The Morgan fingerprint density at radius 2 is 1.90 bits per heavy atom. The first kappa shape index (κ1) is 15.8. The third-order valence-corrected chi connectivity index (χ3v) is 5.49. The minimum Gasteiger partial charge on any atom is -0.481 e. The molecule has 1 atom stereocenters. The molecule has 2 aliphatic rings. The number of aliphatic carboxylic acids is 1. The molecule has 2 fully saturated rings. The molecule has 1 heterocycles. The monoisotopic (exact) mass is 283 g/mol. The highest BCUT2D eigenvalue weighted by Gasteiger charge is 2.40. The number of likely N-dealkylation sites (tertiary alicyclic amines) is 1. The number of aliphatic hydroxyl groups excluding tert-OH is 1. The van der Waals surface area contributed by atoms with Crippen molar-refractivity contribution < 1.29 is 15.0 Å². The molecule has 0 spiro atoms. The smallest absolute Gasteiger partial charge is 0.309 e. The lowest BCUT2D eigenvalue weighted by Crippen LogP contribution is -2.46. The third-order valence-electron chi connectivity index (χ3n) is 5.49. The van der Waals surface area contributed by atoms with E-state index >= 15 is 0 Å². The van der Waals surface area contributed by atoms with Crippen LogP contribution in [0.15, 0.2) is 0 Å². The molecule has 1 aliphatic heterocycles. The summed E-state index contributed by atoms with van der Waals surface area (Å²) in [7, 11) is 0. The molecule has 20 heavy (non-hydrogen) atoms. The summed E-state index contributed by atoms with van der Waals surface area (Å²) in [5.41, 5.74) is -0.521. The Bertz CT molecular complexity index is 318. The van der Waals surface area contributed by atoms with Gasteiger partial charge in [0.25, 0.3) is 0 Å². The Kier molecular flexibility index (Phi) is 5.44. The highest BCUT2D eigenvalue weighted by molar-refractivity contribution is 5.74. The first-order chi connectivity index (χ1) is 9.55. The molecule has 1 aliphatic carbocycles. The lowest BCUT2D eigenvalue weighted by atomic mass is 9.76. The lowest BCUT2D eigenvalue weighted by molar-refractivity contribution is -0.152. The summed E-state index contributed by atoms with van der Waals surface area (Å²) in [6.07, 6.45) is 8.01. The van der Waals surface area contributed by atoms with Gasteiger partial charge in [-0.05, 0) is 44.7 Å². The maximum atomic E-state index is 11.4. The lowest BCUT2D eigenvalue weighted by Gasteiger charge is -2.39. The molecule has 2 N–H and O–H groups in total. The second kappa shape index (κ2) is 6.90. The highest BCUT2D eigenvalue weighted by atomic mass is 16.4. The number of nitrogens with zero attached hydrogens (tertiary/aromatic N) is 1. The molecule has 1 saturated heterocycles. The number of carboxylic acid groups (broad SMARTS) is 1. The van der Waals surface area contributed by atoms with Crippen molar-refractivity contribution in [3.8, 4) is 0 Å². The van der Waals surface area contributed by atoms with Crippen molar-refractivity contribution in [2.45, 2.75) is 64.4 Å². The van der Waals surface area contributed by atoms with Crippen molar-refractivity contribution in [1.29, 1.82) is 0 Å². The predicted molar refractivity (Wildman–Crippen MR) is 78.6 cm³/mol.